The fourth-order valence-corrected chi connectivity index (χ4v) is 3.18. The Morgan fingerprint density at radius 3 is 2.52 bits per heavy atom. The van der Waals surface area contributed by atoms with E-state index in [1.54, 1.807) is 0 Å². The molecule has 132 valence electrons. The average Bonchev–Trinajstić information content (AvgIpc) is 2.69. The molecule has 3 rings (SSSR count). The van der Waals surface area contributed by atoms with Crippen LogP contribution in [0.3, 0.4) is 0 Å². The molecule has 1 fully saturated rings. The quantitative estimate of drug-likeness (QED) is 0.760. The summed E-state index contributed by atoms with van der Waals surface area (Å²) < 4.78 is 0. The van der Waals surface area contributed by atoms with Gasteiger partial charge in [-0.25, -0.2) is 0 Å². The van der Waals surface area contributed by atoms with Crippen molar-refractivity contribution in [3.63, 3.8) is 0 Å². The van der Waals surface area contributed by atoms with Gasteiger partial charge >= 0.3 is 0 Å². The molecule has 0 saturated carbocycles. The topological polar surface area (TPSA) is 44.4 Å². The summed E-state index contributed by atoms with van der Waals surface area (Å²) in [6, 6.07) is 18.2. The molecule has 2 aromatic rings. The summed E-state index contributed by atoms with van der Waals surface area (Å²) >= 11 is 0. The van der Waals surface area contributed by atoms with Crippen molar-refractivity contribution in [3.05, 3.63) is 65.7 Å². The normalized spacial score (nSPS) is 14.3. The van der Waals surface area contributed by atoms with Crippen molar-refractivity contribution >= 4 is 11.6 Å². The maximum Gasteiger partial charge on any atom is 0.253 e. The fourth-order valence-electron chi connectivity index (χ4n) is 3.18. The standard InChI is InChI=1S/C21H27N3O/c25-21(24-14-5-2-6-15-24)19-9-7-8-18(16-19)17-22-12-13-23-20-10-3-1-4-11-20/h1,3-4,7-11,16,22-23H,2,5-6,12-15,17H2. The molecule has 1 saturated heterocycles. The average molecular weight is 337 g/mol. The van der Waals surface area contributed by atoms with Gasteiger partial charge in [0, 0.05) is 44.0 Å². The number of carbonyl (C=O) groups excluding carboxylic acids is 1. The fraction of sp³-hybridized carbons (Fsp3) is 0.381. The van der Waals surface area contributed by atoms with E-state index >= 15 is 0 Å². The van der Waals surface area contributed by atoms with Crippen LogP contribution in [0.4, 0.5) is 5.69 Å². The van der Waals surface area contributed by atoms with Crippen molar-refractivity contribution in [3.8, 4) is 0 Å². The molecule has 2 aromatic carbocycles. The molecule has 2 N–H and O–H groups in total. The summed E-state index contributed by atoms with van der Waals surface area (Å²) in [5.74, 6) is 0.173. The summed E-state index contributed by atoms with van der Waals surface area (Å²) in [6.45, 7) is 4.31. The lowest BCUT2D eigenvalue weighted by Gasteiger charge is -2.26. The largest absolute Gasteiger partial charge is 0.384 e. The zero-order chi connectivity index (χ0) is 17.3. The zero-order valence-corrected chi connectivity index (χ0v) is 14.7. The minimum Gasteiger partial charge on any atom is -0.384 e. The lowest BCUT2D eigenvalue weighted by molar-refractivity contribution is 0.0724. The lowest BCUT2D eigenvalue weighted by atomic mass is 10.1. The first-order valence-corrected chi connectivity index (χ1v) is 9.21. The Morgan fingerprint density at radius 2 is 1.72 bits per heavy atom. The van der Waals surface area contributed by atoms with Gasteiger partial charge in [0.15, 0.2) is 0 Å². The summed E-state index contributed by atoms with van der Waals surface area (Å²) in [7, 11) is 0. The van der Waals surface area contributed by atoms with Crippen molar-refractivity contribution < 1.29 is 4.79 Å². The van der Waals surface area contributed by atoms with Gasteiger partial charge in [-0.2, -0.15) is 0 Å². The molecule has 25 heavy (non-hydrogen) atoms. The number of anilines is 1. The van der Waals surface area contributed by atoms with Crippen molar-refractivity contribution in [2.24, 2.45) is 0 Å². The molecule has 0 radical (unpaired) electrons. The van der Waals surface area contributed by atoms with Gasteiger partial charge in [-0.3, -0.25) is 4.79 Å². The number of rotatable bonds is 7. The Labute approximate surface area is 150 Å². The van der Waals surface area contributed by atoms with Crippen LogP contribution in [0.5, 0.6) is 0 Å². The number of carbonyl (C=O) groups is 1. The smallest absolute Gasteiger partial charge is 0.253 e. The third kappa shape index (κ3) is 5.33. The van der Waals surface area contributed by atoms with E-state index in [-0.39, 0.29) is 5.91 Å². The molecule has 1 aliphatic heterocycles. The second-order valence-electron chi connectivity index (χ2n) is 6.52. The van der Waals surface area contributed by atoms with Crippen LogP contribution in [-0.2, 0) is 6.54 Å². The van der Waals surface area contributed by atoms with Gasteiger partial charge in [-0.05, 0) is 49.1 Å². The van der Waals surface area contributed by atoms with E-state index in [9.17, 15) is 4.79 Å². The molecule has 0 aromatic heterocycles. The van der Waals surface area contributed by atoms with Gasteiger partial charge in [0.1, 0.15) is 0 Å². The summed E-state index contributed by atoms with van der Waals surface area (Å²) in [6.07, 6.45) is 3.49. The highest BCUT2D eigenvalue weighted by atomic mass is 16.2. The van der Waals surface area contributed by atoms with Crippen LogP contribution in [0.2, 0.25) is 0 Å². The number of likely N-dealkylation sites (tertiary alicyclic amines) is 1. The third-order valence-corrected chi connectivity index (χ3v) is 4.55. The van der Waals surface area contributed by atoms with Gasteiger partial charge in [-0.15, -0.1) is 0 Å². The van der Waals surface area contributed by atoms with Gasteiger partial charge in [0.05, 0.1) is 0 Å². The number of nitrogens with zero attached hydrogens (tertiary/aromatic N) is 1. The highest BCUT2D eigenvalue weighted by Gasteiger charge is 2.18. The number of para-hydroxylation sites is 1. The summed E-state index contributed by atoms with van der Waals surface area (Å²) in [5, 5.41) is 6.81. The maximum absolute atomic E-state index is 12.6. The molecule has 4 nitrogen and oxygen atoms in total. The van der Waals surface area contributed by atoms with Crippen LogP contribution in [-0.4, -0.2) is 37.0 Å². The van der Waals surface area contributed by atoms with Crippen LogP contribution in [0, 0.1) is 0 Å². The number of nitrogens with one attached hydrogen (secondary N) is 2. The van der Waals surface area contributed by atoms with Crippen LogP contribution >= 0.6 is 0 Å². The number of amides is 1. The van der Waals surface area contributed by atoms with Gasteiger partial charge in [0.2, 0.25) is 0 Å². The van der Waals surface area contributed by atoms with E-state index in [2.05, 4.69) is 28.8 Å². The van der Waals surface area contributed by atoms with Crippen molar-refractivity contribution in [1.29, 1.82) is 0 Å². The molecule has 0 unspecified atom stereocenters. The Kier molecular flexibility index (Phi) is 6.46. The second kappa shape index (κ2) is 9.23. The van der Waals surface area contributed by atoms with Gasteiger partial charge in [-0.1, -0.05) is 30.3 Å². The molecule has 1 heterocycles. The number of benzene rings is 2. The van der Waals surface area contributed by atoms with Crippen LogP contribution in [0.15, 0.2) is 54.6 Å². The molecule has 1 amide bonds. The minimum absolute atomic E-state index is 0.173. The van der Waals surface area contributed by atoms with E-state index in [1.807, 2.05) is 41.3 Å². The van der Waals surface area contributed by atoms with Gasteiger partial charge < -0.3 is 15.5 Å². The Bertz CT molecular complexity index is 666. The highest BCUT2D eigenvalue weighted by molar-refractivity contribution is 5.94. The van der Waals surface area contributed by atoms with E-state index in [0.717, 1.165) is 62.4 Å². The first-order valence-electron chi connectivity index (χ1n) is 9.21. The Balaban J connectivity index is 1.44. The van der Waals surface area contributed by atoms with Crippen LogP contribution < -0.4 is 10.6 Å². The zero-order valence-electron chi connectivity index (χ0n) is 14.7. The van der Waals surface area contributed by atoms with E-state index in [4.69, 9.17) is 0 Å². The van der Waals surface area contributed by atoms with Crippen LogP contribution in [0.25, 0.3) is 0 Å². The molecule has 1 aliphatic rings. The molecule has 0 atom stereocenters. The van der Waals surface area contributed by atoms with Crippen molar-refractivity contribution in [2.45, 2.75) is 25.8 Å². The van der Waals surface area contributed by atoms with E-state index < -0.39 is 0 Å². The molecular formula is C21H27N3O. The van der Waals surface area contributed by atoms with E-state index in [0.29, 0.717) is 0 Å². The molecule has 0 aliphatic carbocycles. The Hall–Kier alpha value is -2.33. The van der Waals surface area contributed by atoms with Gasteiger partial charge in [0.25, 0.3) is 5.91 Å². The monoisotopic (exact) mass is 337 g/mol. The Morgan fingerprint density at radius 1 is 0.920 bits per heavy atom. The maximum atomic E-state index is 12.6. The van der Waals surface area contributed by atoms with E-state index in [1.165, 1.54) is 6.42 Å². The number of hydrogen-bond donors (Lipinski definition) is 2. The first-order chi connectivity index (χ1) is 12.3. The molecule has 4 heteroatoms. The number of hydrogen-bond acceptors (Lipinski definition) is 3. The predicted octanol–water partition coefficient (Wildman–Crippen LogP) is 3.51. The van der Waals surface area contributed by atoms with Crippen molar-refractivity contribution in [1.82, 2.24) is 10.2 Å². The highest BCUT2D eigenvalue weighted by Crippen LogP contribution is 2.14. The van der Waals surface area contributed by atoms with Crippen molar-refractivity contribution in [2.75, 3.05) is 31.5 Å². The summed E-state index contributed by atoms with van der Waals surface area (Å²) in [5.41, 5.74) is 3.10. The predicted molar refractivity (Wildman–Crippen MR) is 103 cm³/mol. The second-order valence-corrected chi connectivity index (χ2v) is 6.52. The molecule has 0 spiro atoms. The molecular weight excluding hydrogens is 310 g/mol. The first kappa shape index (κ1) is 17.5. The SMILES string of the molecule is O=C(c1cccc(CNCCNc2ccccc2)c1)N1CCCCC1. The number of piperidine rings is 1. The summed E-state index contributed by atoms with van der Waals surface area (Å²) in [4.78, 5) is 14.6. The van der Waals surface area contributed by atoms with Crippen LogP contribution in [0.1, 0.15) is 35.2 Å². The minimum atomic E-state index is 0.173. The third-order valence-electron chi connectivity index (χ3n) is 4.55. The molecule has 0 bridgehead atoms. The lowest BCUT2D eigenvalue weighted by Crippen LogP contribution is -2.35.